The highest BCUT2D eigenvalue weighted by Gasteiger charge is 2.02. The Balaban J connectivity index is 2.05. The molecule has 0 atom stereocenters. The van der Waals surface area contributed by atoms with E-state index in [1.807, 2.05) is 48.5 Å². The standard InChI is InChI=1S/C14H14N4O/c15-14(17-18-16)12-6-4-5-11(9-12)10-19-13-7-2-1-3-8-13/h1-9H,10H2,(H3,15,16,17). The molecule has 19 heavy (non-hydrogen) atoms. The Labute approximate surface area is 111 Å². The molecular formula is C14H14N4O. The molecule has 0 aromatic heterocycles. The lowest BCUT2D eigenvalue weighted by atomic mass is 10.1. The molecule has 0 amide bonds. The summed E-state index contributed by atoms with van der Waals surface area (Å²) in [5.74, 6) is 5.77. The van der Waals surface area contributed by atoms with Crippen molar-refractivity contribution in [2.24, 2.45) is 16.2 Å². The lowest BCUT2D eigenvalue weighted by molar-refractivity contribution is 0.306. The molecule has 0 bridgehead atoms. The molecule has 0 aliphatic carbocycles. The summed E-state index contributed by atoms with van der Waals surface area (Å²) >= 11 is 0. The fourth-order valence-corrected chi connectivity index (χ4v) is 1.61. The zero-order valence-corrected chi connectivity index (χ0v) is 10.3. The molecule has 0 fully saturated rings. The first-order chi connectivity index (χ1) is 9.29. The number of nitrogens with two attached hydrogens (primary N) is 1. The largest absolute Gasteiger partial charge is 0.489 e. The fourth-order valence-electron chi connectivity index (χ4n) is 1.61. The van der Waals surface area contributed by atoms with Gasteiger partial charge in [-0.05, 0) is 23.8 Å². The van der Waals surface area contributed by atoms with Gasteiger partial charge in [-0.1, -0.05) is 41.6 Å². The van der Waals surface area contributed by atoms with Crippen molar-refractivity contribution in [3.63, 3.8) is 0 Å². The zero-order chi connectivity index (χ0) is 13.5. The minimum Gasteiger partial charge on any atom is -0.489 e. The van der Waals surface area contributed by atoms with Gasteiger partial charge in [0, 0.05) is 5.56 Å². The van der Waals surface area contributed by atoms with E-state index in [1.54, 1.807) is 6.07 Å². The maximum atomic E-state index is 7.64. The SMILES string of the molecule is N=C(N=NN)c1cccc(COc2ccccc2)c1. The minimum absolute atomic E-state index is 0.0315. The summed E-state index contributed by atoms with van der Waals surface area (Å²) in [6, 6.07) is 17.0. The van der Waals surface area contributed by atoms with Gasteiger partial charge in [-0.15, -0.1) is 5.11 Å². The van der Waals surface area contributed by atoms with Gasteiger partial charge in [0.25, 0.3) is 0 Å². The third-order valence-corrected chi connectivity index (χ3v) is 2.51. The lowest BCUT2D eigenvalue weighted by Crippen LogP contribution is -1.99. The van der Waals surface area contributed by atoms with Crippen LogP contribution in [0.15, 0.2) is 64.9 Å². The average molecular weight is 254 g/mol. The normalized spacial score (nSPS) is 10.5. The van der Waals surface area contributed by atoms with E-state index in [9.17, 15) is 0 Å². The molecule has 5 nitrogen and oxygen atoms in total. The molecule has 0 saturated carbocycles. The molecule has 96 valence electrons. The molecule has 3 N–H and O–H groups in total. The van der Waals surface area contributed by atoms with Crippen molar-refractivity contribution in [2.45, 2.75) is 6.61 Å². The number of ether oxygens (including phenoxy) is 1. The van der Waals surface area contributed by atoms with E-state index in [1.165, 1.54) is 0 Å². The average Bonchev–Trinajstić information content (AvgIpc) is 2.47. The van der Waals surface area contributed by atoms with E-state index in [0.29, 0.717) is 12.2 Å². The van der Waals surface area contributed by atoms with Crippen LogP contribution in [0.5, 0.6) is 5.75 Å². The van der Waals surface area contributed by atoms with Crippen molar-refractivity contribution in [3.8, 4) is 5.75 Å². The maximum absolute atomic E-state index is 7.64. The van der Waals surface area contributed by atoms with Crippen molar-refractivity contribution in [1.29, 1.82) is 5.41 Å². The summed E-state index contributed by atoms with van der Waals surface area (Å²) in [6.45, 7) is 0.435. The van der Waals surface area contributed by atoms with Crippen molar-refractivity contribution < 1.29 is 4.74 Å². The van der Waals surface area contributed by atoms with E-state index < -0.39 is 0 Å². The zero-order valence-electron chi connectivity index (χ0n) is 10.3. The number of nitrogens with zero attached hydrogens (tertiary/aromatic N) is 2. The van der Waals surface area contributed by atoms with E-state index in [-0.39, 0.29) is 5.84 Å². The quantitative estimate of drug-likeness (QED) is 0.289. The predicted octanol–water partition coefficient (Wildman–Crippen LogP) is 2.92. The highest BCUT2D eigenvalue weighted by Crippen LogP contribution is 2.13. The number of nitrogens with one attached hydrogen (secondary N) is 1. The van der Waals surface area contributed by atoms with Crippen molar-refractivity contribution >= 4 is 5.84 Å². The molecule has 2 aromatic carbocycles. The van der Waals surface area contributed by atoms with Crippen LogP contribution in [-0.4, -0.2) is 5.84 Å². The second-order valence-electron chi connectivity index (χ2n) is 3.87. The van der Waals surface area contributed by atoms with Crippen molar-refractivity contribution in [1.82, 2.24) is 0 Å². The molecule has 0 heterocycles. The Morgan fingerprint density at radius 2 is 1.89 bits per heavy atom. The summed E-state index contributed by atoms with van der Waals surface area (Å²) in [5, 5.41) is 14.2. The van der Waals surface area contributed by atoms with Crippen LogP contribution < -0.4 is 10.6 Å². The van der Waals surface area contributed by atoms with Gasteiger partial charge in [0.1, 0.15) is 12.4 Å². The number of rotatable bonds is 4. The van der Waals surface area contributed by atoms with Crippen LogP contribution >= 0.6 is 0 Å². The molecule has 2 aromatic rings. The van der Waals surface area contributed by atoms with Crippen LogP contribution in [0, 0.1) is 5.41 Å². The Morgan fingerprint density at radius 3 is 2.63 bits per heavy atom. The van der Waals surface area contributed by atoms with Gasteiger partial charge in [0.2, 0.25) is 0 Å². The molecule has 0 unspecified atom stereocenters. The van der Waals surface area contributed by atoms with Gasteiger partial charge in [0.05, 0.1) is 0 Å². The number of para-hydroxylation sites is 1. The molecule has 0 saturated heterocycles. The number of hydrogen-bond acceptors (Lipinski definition) is 3. The number of benzene rings is 2. The van der Waals surface area contributed by atoms with Gasteiger partial charge in [-0.25, -0.2) is 0 Å². The molecule has 5 heteroatoms. The monoisotopic (exact) mass is 254 g/mol. The first-order valence-corrected chi connectivity index (χ1v) is 5.76. The number of hydrogen-bond donors (Lipinski definition) is 2. The van der Waals surface area contributed by atoms with Crippen molar-refractivity contribution in [2.75, 3.05) is 0 Å². The summed E-state index contributed by atoms with van der Waals surface area (Å²) in [6.07, 6.45) is 0. The lowest BCUT2D eigenvalue weighted by Gasteiger charge is -2.07. The van der Waals surface area contributed by atoms with Crippen LogP contribution in [0.3, 0.4) is 0 Å². The first kappa shape index (κ1) is 12.8. The molecule has 0 aliphatic heterocycles. The van der Waals surface area contributed by atoms with E-state index in [0.717, 1.165) is 11.3 Å². The topological polar surface area (TPSA) is 83.8 Å². The van der Waals surface area contributed by atoms with Gasteiger partial charge >= 0.3 is 0 Å². The Bertz CT molecular complexity index is 581. The fraction of sp³-hybridized carbons (Fsp3) is 0.0714. The van der Waals surface area contributed by atoms with Crippen LogP contribution in [0.1, 0.15) is 11.1 Å². The Morgan fingerprint density at radius 1 is 1.11 bits per heavy atom. The Hall–Kier alpha value is -2.69. The maximum Gasteiger partial charge on any atom is 0.176 e. The van der Waals surface area contributed by atoms with Crippen LogP contribution in [0.2, 0.25) is 0 Å². The summed E-state index contributed by atoms with van der Waals surface area (Å²) in [7, 11) is 0. The smallest absolute Gasteiger partial charge is 0.176 e. The molecule has 0 aliphatic rings. The molecule has 0 radical (unpaired) electrons. The van der Waals surface area contributed by atoms with E-state index in [4.69, 9.17) is 16.0 Å². The molecular weight excluding hydrogens is 240 g/mol. The first-order valence-electron chi connectivity index (χ1n) is 5.76. The summed E-state index contributed by atoms with van der Waals surface area (Å²) in [5.41, 5.74) is 1.61. The van der Waals surface area contributed by atoms with E-state index >= 15 is 0 Å². The van der Waals surface area contributed by atoms with E-state index in [2.05, 4.69) is 10.3 Å². The second kappa shape index (κ2) is 6.30. The predicted molar refractivity (Wildman–Crippen MR) is 73.1 cm³/mol. The minimum atomic E-state index is 0.0315. The third-order valence-electron chi connectivity index (χ3n) is 2.51. The second-order valence-corrected chi connectivity index (χ2v) is 3.87. The summed E-state index contributed by atoms with van der Waals surface area (Å²) < 4.78 is 5.64. The van der Waals surface area contributed by atoms with Crippen molar-refractivity contribution in [3.05, 3.63) is 65.7 Å². The van der Waals surface area contributed by atoms with Crippen LogP contribution in [0.25, 0.3) is 0 Å². The van der Waals surface area contributed by atoms with Crippen LogP contribution in [-0.2, 0) is 6.61 Å². The van der Waals surface area contributed by atoms with Gasteiger partial charge in [0.15, 0.2) is 5.84 Å². The van der Waals surface area contributed by atoms with Gasteiger partial charge < -0.3 is 10.6 Å². The van der Waals surface area contributed by atoms with Gasteiger partial charge in [-0.3, -0.25) is 5.41 Å². The molecule has 2 rings (SSSR count). The highest BCUT2D eigenvalue weighted by molar-refractivity contribution is 5.96. The van der Waals surface area contributed by atoms with Gasteiger partial charge in [-0.2, -0.15) is 0 Å². The Kier molecular flexibility index (Phi) is 4.23. The van der Waals surface area contributed by atoms with Crippen LogP contribution in [0.4, 0.5) is 0 Å². The number of amidine groups is 1. The summed E-state index contributed by atoms with van der Waals surface area (Å²) in [4.78, 5) is 0. The highest BCUT2D eigenvalue weighted by atomic mass is 16.5. The molecule has 0 spiro atoms. The third kappa shape index (κ3) is 3.64.